The first-order valence-electron chi connectivity index (χ1n) is 5.71. The lowest BCUT2D eigenvalue weighted by Crippen LogP contribution is -2.12. The molecular weight excluding hydrogens is 229 g/mol. The van der Waals surface area contributed by atoms with Gasteiger partial charge in [-0.25, -0.2) is 4.39 Å². The molecule has 0 fully saturated rings. The van der Waals surface area contributed by atoms with Gasteiger partial charge in [-0.1, -0.05) is 0 Å². The summed E-state index contributed by atoms with van der Waals surface area (Å²) in [6.07, 6.45) is 1.91. The Balaban J connectivity index is 2.28. The summed E-state index contributed by atoms with van der Waals surface area (Å²) in [5.41, 5.74) is 2.09. The SMILES string of the molecule is CNCc1cccn1Cc1cc(C#N)ccc1F. The molecule has 2 rings (SSSR count). The van der Waals surface area contributed by atoms with Crippen LogP contribution in [0.15, 0.2) is 36.5 Å². The lowest BCUT2D eigenvalue weighted by atomic mass is 10.1. The van der Waals surface area contributed by atoms with Crippen molar-refractivity contribution < 1.29 is 4.39 Å². The maximum atomic E-state index is 13.7. The lowest BCUT2D eigenvalue weighted by molar-refractivity contribution is 0.593. The van der Waals surface area contributed by atoms with Gasteiger partial charge in [0.25, 0.3) is 0 Å². The third-order valence-electron chi connectivity index (χ3n) is 2.80. The minimum absolute atomic E-state index is 0.280. The second-order valence-electron chi connectivity index (χ2n) is 4.08. The van der Waals surface area contributed by atoms with Crippen molar-refractivity contribution in [2.24, 2.45) is 0 Å². The zero-order valence-corrected chi connectivity index (χ0v) is 10.2. The molecule has 3 nitrogen and oxygen atoms in total. The summed E-state index contributed by atoms with van der Waals surface area (Å²) in [4.78, 5) is 0. The number of benzene rings is 1. The van der Waals surface area contributed by atoms with E-state index in [0.717, 1.165) is 12.2 Å². The summed E-state index contributed by atoms with van der Waals surface area (Å²) in [6, 6.07) is 10.4. The number of nitrogens with zero attached hydrogens (tertiary/aromatic N) is 2. The number of nitrogens with one attached hydrogen (secondary N) is 1. The third-order valence-corrected chi connectivity index (χ3v) is 2.80. The minimum Gasteiger partial charge on any atom is -0.346 e. The number of hydrogen-bond donors (Lipinski definition) is 1. The Morgan fingerprint density at radius 3 is 2.94 bits per heavy atom. The van der Waals surface area contributed by atoms with E-state index in [0.29, 0.717) is 17.7 Å². The zero-order valence-electron chi connectivity index (χ0n) is 10.2. The average Bonchev–Trinajstić information content (AvgIpc) is 2.80. The summed E-state index contributed by atoms with van der Waals surface area (Å²) in [7, 11) is 1.87. The van der Waals surface area contributed by atoms with E-state index in [1.807, 2.05) is 36.0 Å². The number of halogens is 1. The van der Waals surface area contributed by atoms with E-state index >= 15 is 0 Å². The molecule has 0 bridgehead atoms. The molecule has 1 heterocycles. The highest BCUT2D eigenvalue weighted by atomic mass is 19.1. The molecule has 4 heteroatoms. The van der Waals surface area contributed by atoms with Crippen LogP contribution < -0.4 is 5.32 Å². The molecule has 0 radical (unpaired) electrons. The van der Waals surface area contributed by atoms with Gasteiger partial charge in [0.2, 0.25) is 0 Å². The monoisotopic (exact) mass is 243 g/mol. The van der Waals surface area contributed by atoms with E-state index in [2.05, 4.69) is 5.32 Å². The molecule has 2 aromatic rings. The van der Waals surface area contributed by atoms with Crippen LogP contribution in [0.4, 0.5) is 4.39 Å². The maximum Gasteiger partial charge on any atom is 0.128 e. The molecule has 1 aromatic heterocycles. The molecule has 0 atom stereocenters. The van der Waals surface area contributed by atoms with E-state index in [1.165, 1.54) is 12.1 Å². The minimum atomic E-state index is -0.280. The predicted molar refractivity (Wildman–Crippen MR) is 67.4 cm³/mol. The topological polar surface area (TPSA) is 40.8 Å². The Labute approximate surface area is 105 Å². The van der Waals surface area contributed by atoms with Crippen LogP contribution in [0.25, 0.3) is 0 Å². The fraction of sp³-hybridized carbons (Fsp3) is 0.214. The van der Waals surface area contributed by atoms with Crippen molar-refractivity contribution in [3.8, 4) is 6.07 Å². The Morgan fingerprint density at radius 1 is 1.39 bits per heavy atom. The largest absolute Gasteiger partial charge is 0.346 e. The van der Waals surface area contributed by atoms with Gasteiger partial charge in [-0.3, -0.25) is 0 Å². The number of hydrogen-bond acceptors (Lipinski definition) is 2. The van der Waals surface area contributed by atoms with Crippen LogP contribution >= 0.6 is 0 Å². The summed E-state index contributed by atoms with van der Waals surface area (Å²) in [5, 5.41) is 11.9. The summed E-state index contributed by atoms with van der Waals surface area (Å²) in [6.45, 7) is 1.16. The highest BCUT2D eigenvalue weighted by Gasteiger charge is 2.06. The molecule has 0 saturated carbocycles. The molecular formula is C14H14FN3. The molecule has 0 aliphatic heterocycles. The lowest BCUT2D eigenvalue weighted by Gasteiger charge is -2.10. The van der Waals surface area contributed by atoms with Gasteiger partial charge in [-0.05, 0) is 37.4 Å². The van der Waals surface area contributed by atoms with Crippen LogP contribution in [0.3, 0.4) is 0 Å². The quantitative estimate of drug-likeness (QED) is 0.894. The van der Waals surface area contributed by atoms with Crippen LogP contribution in [-0.2, 0) is 13.1 Å². The molecule has 18 heavy (non-hydrogen) atoms. The van der Waals surface area contributed by atoms with Crippen LogP contribution in [0.5, 0.6) is 0 Å². The van der Waals surface area contributed by atoms with Crippen molar-refractivity contribution in [2.75, 3.05) is 7.05 Å². The molecule has 0 aliphatic rings. The summed E-state index contributed by atoms with van der Waals surface area (Å²) >= 11 is 0. The number of nitriles is 1. The Hall–Kier alpha value is -2.12. The molecule has 0 spiro atoms. The molecule has 0 aliphatic carbocycles. The molecule has 0 saturated heterocycles. The summed E-state index contributed by atoms with van der Waals surface area (Å²) < 4.78 is 15.6. The van der Waals surface area contributed by atoms with Crippen molar-refractivity contribution in [3.05, 3.63) is 59.2 Å². The van der Waals surface area contributed by atoms with E-state index in [1.54, 1.807) is 6.07 Å². The first-order valence-corrected chi connectivity index (χ1v) is 5.71. The second kappa shape index (κ2) is 5.48. The maximum absolute atomic E-state index is 13.7. The van der Waals surface area contributed by atoms with Crippen molar-refractivity contribution in [2.45, 2.75) is 13.1 Å². The van der Waals surface area contributed by atoms with Gasteiger partial charge in [0.15, 0.2) is 0 Å². The van der Waals surface area contributed by atoms with Gasteiger partial charge in [0.1, 0.15) is 5.82 Å². The zero-order chi connectivity index (χ0) is 13.0. The average molecular weight is 243 g/mol. The van der Waals surface area contributed by atoms with E-state index < -0.39 is 0 Å². The van der Waals surface area contributed by atoms with E-state index in [9.17, 15) is 4.39 Å². The van der Waals surface area contributed by atoms with Gasteiger partial charge in [-0.15, -0.1) is 0 Å². The smallest absolute Gasteiger partial charge is 0.128 e. The highest BCUT2D eigenvalue weighted by molar-refractivity contribution is 5.34. The first kappa shape index (κ1) is 12.3. The van der Waals surface area contributed by atoms with Crippen molar-refractivity contribution in [1.82, 2.24) is 9.88 Å². The number of aromatic nitrogens is 1. The van der Waals surface area contributed by atoms with Gasteiger partial charge in [0, 0.05) is 24.0 Å². The van der Waals surface area contributed by atoms with Crippen LogP contribution in [0, 0.1) is 17.1 Å². The third kappa shape index (κ3) is 2.58. The molecule has 0 amide bonds. The predicted octanol–water partition coefficient (Wildman–Crippen LogP) is 2.27. The van der Waals surface area contributed by atoms with E-state index in [-0.39, 0.29) is 5.82 Å². The fourth-order valence-corrected chi connectivity index (χ4v) is 1.89. The first-order chi connectivity index (χ1) is 8.74. The van der Waals surface area contributed by atoms with E-state index in [4.69, 9.17) is 5.26 Å². The molecule has 1 N–H and O–H groups in total. The van der Waals surface area contributed by atoms with Gasteiger partial charge in [0.05, 0.1) is 18.2 Å². The molecule has 92 valence electrons. The standard InChI is InChI=1S/C14H14FN3/c1-17-9-13-3-2-6-18(13)10-12-7-11(8-16)4-5-14(12)15/h2-7,17H,9-10H2,1H3. The fourth-order valence-electron chi connectivity index (χ4n) is 1.89. The Morgan fingerprint density at radius 2 is 2.22 bits per heavy atom. The van der Waals surface area contributed by atoms with Crippen molar-refractivity contribution in [1.29, 1.82) is 5.26 Å². The van der Waals surface area contributed by atoms with Gasteiger partial charge >= 0.3 is 0 Å². The van der Waals surface area contributed by atoms with Crippen molar-refractivity contribution in [3.63, 3.8) is 0 Å². The summed E-state index contributed by atoms with van der Waals surface area (Å²) in [5.74, 6) is -0.280. The Kier molecular flexibility index (Phi) is 3.75. The highest BCUT2D eigenvalue weighted by Crippen LogP contribution is 2.13. The van der Waals surface area contributed by atoms with Crippen LogP contribution in [0.2, 0.25) is 0 Å². The molecule has 0 unspecified atom stereocenters. The van der Waals surface area contributed by atoms with Gasteiger partial charge in [-0.2, -0.15) is 5.26 Å². The molecule has 1 aromatic carbocycles. The van der Waals surface area contributed by atoms with Crippen LogP contribution in [-0.4, -0.2) is 11.6 Å². The Bertz CT molecular complexity index is 581. The number of rotatable bonds is 4. The normalized spacial score (nSPS) is 10.3. The second-order valence-corrected chi connectivity index (χ2v) is 4.08. The van der Waals surface area contributed by atoms with Gasteiger partial charge < -0.3 is 9.88 Å². The van der Waals surface area contributed by atoms with Crippen molar-refractivity contribution >= 4 is 0 Å². The van der Waals surface area contributed by atoms with Crippen LogP contribution in [0.1, 0.15) is 16.8 Å².